The highest BCUT2D eigenvalue weighted by atomic mass is 32.1. The van der Waals surface area contributed by atoms with Crippen LogP contribution in [-0.2, 0) is 7.05 Å². The predicted octanol–water partition coefficient (Wildman–Crippen LogP) is 3.96. The zero-order chi connectivity index (χ0) is 24.1. The number of benzene rings is 2. The SMILES string of the molecule is Cc1c(-c2csc(-c3nnc4cc(-c5ccccc5)nn4c3N)n2)c(=O)n(-c2ccccc2)n1C. The molecule has 0 unspecified atom stereocenters. The summed E-state index contributed by atoms with van der Waals surface area (Å²) < 4.78 is 5.04. The maximum atomic E-state index is 13.4. The van der Waals surface area contributed by atoms with Gasteiger partial charge >= 0.3 is 0 Å². The van der Waals surface area contributed by atoms with E-state index in [-0.39, 0.29) is 5.56 Å². The fraction of sp³-hybridized carbons (Fsp3) is 0.0800. The van der Waals surface area contributed by atoms with Crippen LogP contribution in [0, 0.1) is 6.92 Å². The van der Waals surface area contributed by atoms with Crippen molar-refractivity contribution < 1.29 is 0 Å². The van der Waals surface area contributed by atoms with E-state index in [4.69, 9.17) is 10.7 Å². The minimum Gasteiger partial charge on any atom is -0.382 e. The molecule has 0 saturated heterocycles. The summed E-state index contributed by atoms with van der Waals surface area (Å²) >= 11 is 1.36. The average molecular weight is 481 g/mol. The van der Waals surface area contributed by atoms with Crippen LogP contribution in [0.4, 0.5) is 5.82 Å². The largest absolute Gasteiger partial charge is 0.382 e. The molecule has 0 aliphatic rings. The van der Waals surface area contributed by atoms with Crippen LogP contribution in [0.3, 0.4) is 0 Å². The lowest BCUT2D eigenvalue weighted by molar-refractivity contribution is 0.630. The molecule has 0 radical (unpaired) electrons. The second-order valence-electron chi connectivity index (χ2n) is 8.07. The molecule has 4 aromatic heterocycles. The molecule has 0 spiro atoms. The Morgan fingerprint density at radius 1 is 0.943 bits per heavy atom. The van der Waals surface area contributed by atoms with E-state index in [1.165, 1.54) is 11.3 Å². The maximum Gasteiger partial charge on any atom is 0.281 e. The van der Waals surface area contributed by atoms with Gasteiger partial charge in [0.1, 0.15) is 5.01 Å². The molecule has 0 aliphatic carbocycles. The number of hydrogen-bond donors (Lipinski definition) is 1. The van der Waals surface area contributed by atoms with Gasteiger partial charge in [0, 0.05) is 29.8 Å². The fourth-order valence-corrected chi connectivity index (χ4v) is 4.94. The molecule has 0 bridgehead atoms. The van der Waals surface area contributed by atoms with E-state index in [9.17, 15) is 4.79 Å². The summed E-state index contributed by atoms with van der Waals surface area (Å²) in [7, 11) is 1.86. The van der Waals surface area contributed by atoms with Gasteiger partial charge in [-0.1, -0.05) is 48.5 Å². The summed E-state index contributed by atoms with van der Waals surface area (Å²) in [5, 5.41) is 15.7. The summed E-state index contributed by atoms with van der Waals surface area (Å²) in [5.41, 5.74) is 11.7. The van der Waals surface area contributed by atoms with E-state index in [0.717, 1.165) is 22.6 Å². The first-order valence-corrected chi connectivity index (χ1v) is 11.8. The Morgan fingerprint density at radius 2 is 1.66 bits per heavy atom. The van der Waals surface area contributed by atoms with Crippen LogP contribution in [0.1, 0.15) is 5.69 Å². The second kappa shape index (κ2) is 8.03. The number of rotatable bonds is 4. The fourth-order valence-electron chi connectivity index (χ4n) is 4.14. The molecular weight excluding hydrogens is 460 g/mol. The number of nitrogens with zero attached hydrogens (tertiary/aromatic N) is 7. The lowest BCUT2D eigenvalue weighted by atomic mass is 10.2. The lowest BCUT2D eigenvalue weighted by Crippen LogP contribution is -2.20. The highest BCUT2D eigenvalue weighted by Gasteiger charge is 2.22. The van der Waals surface area contributed by atoms with Gasteiger partial charge in [-0.05, 0) is 19.1 Å². The molecule has 35 heavy (non-hydrogen) atoms. The third-order valence-corrected chi connectivity index (χ3v) is 6.85. The van der Waals surface area contributed by atoms with Gasteiger partial charge in [0.05, 0.1) is 22.6 Å². The number of anilines is 1. The molecule has 0 aliphatic heterocycles. The Kier molecular flexibility index (Phi) is 4.82. The number of fused-ring (bicyclic) bond motifs is 1. The standard InChI is InChI=1S/C25H20N8OS/c1-15-21(25(34)33(31(15)2)17-11-7-4-8-12-17)19-14-35-24(27-19)22-23(26)32-20(28-29-22)13-18(30-32)16-9-5-3-6-10-16/h3-14H,26H2,1-2H3. The van der Waals surface area contributed by atoms with E-state index in [1.54, 1.807) is 9.20 Å². The molecule has 0 fully saturated rings. The van der Waals surface area contributed by atoms with E-state index < -0.39 is 0 Å². The van der Waals surface area contributed by atoms with Gasteiger partial charge in [-0.3, -0.25) is 9.48 Å². The quantitative estimate of drug-likeness (QED) is 0.409. The first kappa shape index (κ1) is 21.0. The van der Waals surface area contributed by atoms with Crippen LogP contribution in [0.25, 0.3) is 44.6 Å². The smallest absolute Gasteiger partial charge is 0.281 e. The van der Waals surface area contributed by atoms with Crippen molar-refractivity contribution >= 4 is 22.8 Å². The highest BCUT2D eigenvalue weighted by molar-refractivity contribution is 7.13. The minimum absolute atomic E-state index is 0.137. The molecule has 4 heterocycles. The normalized spacial score (nSPS) is 11.4. The number of aromatic nitrogens is 7. The van der Waals surface area contributed by atoms with E-state index >= 15 is 0 Å². The van der Waals surface area contributed by atoms with Crippen molar-refractivity contribution in [1.29, 1.82) is 0 Å². The summed E-state index contributed by atoms with van der Waals surface area (Å²) in [6.45, 7) is 1.91. The van der Waals surface area contributed by atoms with Gasteiger partial charge in [-0.15, -0.1) is 21.5 Å². The Labute approximate surface area is 203 Å². The molecule has 0 amide bonds. The molecule has 6 rings (SSSR count). The average Bonchev–Trinajstić information content (AvgIpc) is 3.58. The summed E-state index contributed by atoms with van der Waals surface area (Å²) in [6.07, 6.45) is 0. The summed E-state index contributed by atoms with van der Waals surface area (Å²) in [4.78, 5) is 18.1. The summed E-state index contributed by atoms with van der Waals surface area (Å²) in [6, 6.07) is 21.2. The van der Waals surface area contributed by atoms with E-state index in [0.29, 0.717) is 33.4 Å². The summed E-state index contributed by atoms with van der Waals surface area (Å²) in [5.74, 6) is 0.338. The topological polar surface area (TPSA) is 109 Å². The lowest BCUT2D eigenvalue weighted by Gasteiger charge is -2.07. The molecule has 10 heteroatoms. The minimum atomic E-state index is -0.137. The second-order valence-corrected chi connectivity index (χ2v) is 8.93. The van der Waals surface area contributed by atoms with Gasteiger partial charge in [0.2, 0.25) is 0 Å². The van der Waals surface area contributed by atoms with Crippen molar-refractivity contribution in [2.45, 2.75) is 6.92 Å². The Morgan fingerprint density at radius 3 is 2.40 bits per heavy atom. The van der Waals surface area contributed by atoms with Gasteiger partial charge < -0.3 is 5.73 Å². The van der Waals surface area contributed by atoms with Crippen LogP contribution in [0.5, 0.6) is 0 Å². The van der Waals surface area contributed by atoms with Crippen LogP contribution < -0.4 is 11.3 Å². The molecule has 0 atom stereocenters. The number of nitrogens with two attached hydrogens (primary N) is 1. The molecule has 6 aromatic rings. The number of para-hydroxylation sites is 1. The first-order valence-electron chi connectivity index (χ1n) is 10.9. The van der Waals surface area contributed by atoms with Crippen molar-refractivity contribution in [2.75, 3.05) is 5.73 Å². The third kappa shape index (κ3) is 3.34. The zero-order valence-electron chi connectivity index (χ0n) is 19.0. The van der Waals surface area contributed by atoms with Crippen LogP contribution in [0.15, 0.2) is 76.9 Å². The highest BCUT2D eigenvalue weighted by Crippen LogP contribution is 2.31. The predicted molar refractivity (Wildman–Crippen MR) is 136 cm³/mol. The van der Waals surface area contributed by atoms with Gasteiger partial charge in [-0.25, -0.2) is 9.67 Å². The Bertz CT molecular complexity index is 1750. The molecule has 0 saturated carbocycles. The number of thiazole rings is 1. The molecule has 2 aromatic carbocycles. The maximum absolute atomic E-state index is 13.4. The van der Waals surface area contributed by atoms with Gasteiger partial charge in [0.25, 0.3) is 5.56 Å². The van der Waals surface area contributed by atoms with Crippen molar-refractivity contribution in [3.8, 4) is 38.9 Å². The molecule has 9 nitrogen and oxygen atoms in total. The first-order chi connectivity index (χ1) is 17.0. The van der Waals surface area contributed by atoms with Crippen molar-refractivity contribution in [3.05, 3.63) is 88.2 Å². The number of nitrogen functional groups attached to an aromatic ring is 1. The third-order valence-electron chi connectivity index (χ3n) is 6.00. The zero-order valence-corrected chi connectivity index (χ0v) is 19.8. The van der Waals surface area contributed by atoms with Crippen molar-refractivity contribution in [2.24, 2.45) is 7.05 Å². The van der Waals surface area contributed by atoms with Crippen molar-refractivity contribution in [1.82, 2.24) is 34.2 Å². The molecular formula is C25H20N8OS. The van der Waals surface area contributed by atoms with Crippen LogP contribution in [0.2, 0.25) is 0 Å². The van der Waals surface area contributed by atoms with E-state index in [1.807, 2.05) is 90.8 Å². The number of hydrogen-bond acceptors (Lipinski definition) is 7. The van der Waals surface area contributed by atoms with Gasteiger partial charge in [0.15, 0.2) is 17.2 Å². The Balaban J connectivity index is 1.43. The van der Waals surface area contributed by atoms with Crippen LogP contribution in [-0.4, -0.2) is 34.2 Å². The molecule has 172 valence electrons. The molecule has 2 N–H and O–H groups in total. The van der Waals surface area contributed by atoms with Crippen LogP contribution >= 0.6 is 11.3 Å². The monoisotopic (exact) mass is 480 g/mol. The Hall–Kier alpha value is -4.57. The van der Waals surface area contributed by atoms with Crippen molar-refractivity contribution in [3.63, 3.8) is 0 Å². The van der Waals surface area contributed by atoms with E-state index in [2.05, 4.69) is 15.3 Å². The van der Waals surface area contributed by atoms with Gasteiger partial charge in [-0.2, -0.15) is 9.61 Å².